The highest BCUT2D eigenvalue weighted by atomic mass is 32.2. The summed E-state index contributed by atoms with van der Waals surface area (Å²) < 4.78 is 25.7. The van der Waals surface area contributed by atoms with Crippen molar-refractivity contribution in [2.24, 2.45) is 0 Å². The molecule has 0 radical (unpaired) electrons. The fraction of sp³-hybridized carbons (Fsp3) is 0.143. The second kappa shape index (κ2) is 6.47. The SMILES string of the molecule is CNS(=O)(=O)c1cccc(CNC(=O)c2ccccn2)c1. The van der Waals surface area contributed by atoms with Gasteiger partial charge in [0, 0.05) is 12.7 Å². The molecule has 21 heavy (non-hydrogen) atoms. The summed E-state index contributed by atoms with van der Waals surface area (Å²) in [5, 5.41) is 2.70. The van der Waals surface area contributed by atoms with E-state index in [1.807, 2.05) is 0 Å². The molecular formula is C14H15N3O3S. The third-order valence-electron chi connectivity index (χ3n) is 2.83. The van der Waals surface area contributed by atoms with E-state index < -0.39 is 10.0 Å². The summed E-state index contributed by atoms with van der Waals surface area (Å²) in [4.78, 5) is 16.0. The van der Waals surface area contributed by atoms with Crippen LogP contribution in [0.25, 0.3) is 0 Å². The van der Waals surface area contributed by atoms with E-state index in [0.29, 0.717) is 11.3 Å². The first-order chi connectivity index (χ1) is 10.0. The van der Waals surface area contributed by atoms with Crippen molar-refractivity contribution in [1.29, 1.82) is 0 Å². The Bertz CT molecular complexity index is 730. The average Bonchev–Trinajstić information content (AvgIpc) is 2.53. The Morgan fingerprint density at radius 3 is 2.67 bits per heavy atom. The molecule has 110 valence electrons. The zero-order chi connectivity index (χ0) is 15.3. The Hall–Kier alpha value is -2.25. The minimum atomic E-state index is -3.49. The third kappa shape index (κ3) is 3.87. The lowest BCUT2D eigenvalue weighted by Gasteiger charge is -2.07. The zero-order valence-corrected chi connectivity index (χ0v) is 12.2. The van der Waals surface area contributed by atoms with Crippen LogP contribution in [0.1, 0.15) is 16.1 Å². The molecule has 1 heterocycles. The Kier molecular flexibility index (Phi) is 4.66. The number of hydrogen-bond acceptors (Lipinski definition) is 4. The molecule has 1 aromatic carbocycles. The Morgan fingerprint density at radius 1 is 1.19 bits per heavy atom. The van der Waals surface area contributed by atoms with E-state index in [4.69, 9.17) is 0 Å². The van der Waals surface area contributed by atoms with Crippen LogP contribution in [0.3, 0.4) is 0 Å². The van der Waals surface area contributed by atoms with Gasteiger partial charge >= 0.3 is 0 Å². The predicted molar refractivity (Wildman–Crippen MR) is 78.1 cm³/mol. The fourth-order valence-electron chi connectivity index (χ4n) is 1.71. The quantitative estimate of drug-likeness (QED) is 0.860. The van der Waals surface area contributed by atoms with E-state index in [1.165, 1.54) is 25.4 Å². The summed E-state index contributed by atoms with van der Waals surface area (Å²) >= 11 is 0. The van der Waals surface area contributed by atoms with Gasteiger partial charge in [0.1, 0.15) is 5.69 Å². The molecule has 2 aromatic rings. The summed E-state index contributed by atoms with van der Waals surface area (Å²) in [6, 6.07) is 11.4. The summed E-state index contributed by atoms with van der Waals surface area (Å²) in [5.74, 6) is -0.308. The molecule has 1 aromatic heterocycles. The lowest BCUT2D eigenvalue weighted by molar-refractivity contribution is 0.0946. The van der Waals surface area contributed by atoms with Crippen LogP contribution >= 0.6 is 0 Å². The van der Waals surface area contributed by atoms with Crippen LogP contribution in [-0.2, 0) is 16.6 Å². The Balaban J connectivity index is 2.08. The van der Waals surface area contributed by atoms with Gasteiger partial charge in [-0.05, 0) is 36.9 Å². The number of aromatic nitrogens is 1. The molecule has 2 N–H and O–H groups in total. The molecule has 6 nitrogen and oxygen atoms in total. The molecule has 0 spiro atoms. The number of carbonyl (C=O) groups is 1. The highest BCUT2D eigenvalue weighted by Gasteiger charge is 2.12. The largest absolute Gasteiger partial charge is 0.347 e. The van der Waals surface area contributed by atoms with Crippen molar-refractivity contribution >= 4 is 15.9 Å². The maximum Gasteiger partial charge on any atom is 0.270 e. The monoisotopic (exact) mass is 305 g/mol. The average molecular weight is 305 g/mol. The van der Waals surface area contributed by atoms with Gasteiger partial charge in [-0.3, -0.25) is 9.78 Å². The standard InChI is InChI=1S/C14H15N3O3S/c1-15-21(19,20)12-6-4-5-11(9-12)10-17-14(18)13-7-2-3-8-16-13/h2-9,15H,10H2,1H3,(H,17,18). The molecular weight excluding hydrogens is 290 g/mol. The summed E-state index contributed by atoms with van der Waals surface area (Å²) in [6.07, 6.45) is 1.54. The van der Waals surface area contributed by atoms with Crippen LogP contribution in [0, 0.1) is 0 Å². The van der Waals surface area contributed by atoms with E-state index in [2.05, 4.69) is 15.0 Å². The number of hydrogen-bond donors (Lipinski definition) is 2. The first-order valence-electron chi connectivity index (χ1n) is 6.24. The van der Waals surface area contributed by atoms with Gasteiger partial charge in [-0.25, -0.2) is 13.1 Å². The second-order valence-electron chi connectivity index (χ2n) is 4.25. The van der Waals surface area contributed by atoms with E-state index >= 15 is 0 Å². The number of sulfonamides is 1. The summed E-state index contributed by atoms with van der Waals surface area (Å²) in [7, 11) is -2.13. The first kappa shape index (κ1) is 15.1. The predicted octanol–water partition coefficient (Wildman–Crippen LogP) is 0.920. The van der Waals surface area contributed by atoms with Crippen LogP contribution in [0.2, 0.25) is 0 Å². The van der Waals surface area contributed by atoms with E-state index in [-0.39, 0.29) is 17.3 Å². The van der Waals surface area contributed by atoms with Crippen molar-refractivity contribution in [3.8, 4) is 0 Å². The highest BCUT2D eigenvalue weighted by Crippen LogP contribution is 2.11. The van der Waals surface area contributed by atoms with Crippen LogP contribution in [0.15, 0.2) is 53.6 Å². The lowest BCUT2D eigenvalue weighted by atomic mass is 10.2. The zero-order valence-electron chi connectivity index (χ0n) is 11.4. The second-order valence-corrected chi connectivity index (χ2v) is 6.14. The number of benzene rings is 1. The number of nitrogens with zero attached hydrogens (tertiary/aromatic N) is 1. The molecule has 0 atom stereocenters. The molecule has 0 aliphatic rings. The van der Waals surface area contributed by atoms with Gasteiger partial charge < -0.3 is 5.32 Å². The molecule has 0 bridgehead atoms. The van der Waals surface area contributed by atoms with Gasteiger partial charge in [-0.2, -0.15) is 0 Å². The van der Waals surface area contributed by atoms with E-state index in [0.717, 1.165) is 0 Å². The Morgan fingerprint density at radius 2 is 2.00 bits per heavy atom. The molecule has 1 amide bonds. The fourth-order valence-corrected chi connectivity index (χ4v) is 2.51. The number of pyridine rings is 1. The van der Waals surface area contributed by atoms with Crippen molar-refractivity contribution in [3.05, 3.63) is 59.9 Å². The molecule has 2 rings (SSSR count). The lowest BCUT2D eigenvalue weighted by Crippen LogP contribution is -2.24. The smallest absolute Gasteiger partial charge is 0.270 e. The topological polar surface area (TPSA) is 88.2 Å². The van der Waals surface area contributed by atoms with Gasteiger partial charge in [-0.15, -0.1) is 0 Å². The number of amides is 1. The molecule has 0 saturated heterocycles. The first-order valence-corrected chi connectivity index (χ1v) is 7.73. The van der Waals surface area contributed by atoms with Crippen molar-refractivity contribution in [3.63, 3.8) is 0 Å². The molecule has 0 fully saturated rings. The van der Waals surface area contributed by atoms with Crippen molar-refractivity contribution in [2.75, 3.05) is 7.05 Å². The maximum atomic E-state index is 11.9. The highest BCUT2D eigenvalue weighted by molar-refractivity contribution is 7.89. The van der Waals surface area contributed by atoms with Crippen molar-refractivity contribution in [1.82, 2.24) is 15.0 Å². The molecule has 0 aliphatic carbocycles. The number of nitrogens with one attached hydrogen (secondary N) is 2. The van der Waals surface area contributed by atoms with Gasteiger partial charge in [-0.1, -0.05) is 18.2 Å². The Labute approximate surface area is 123 Å². The van der Waals surface area contributed by atoms with Gasteiger partial charge in [0.15, 0.2) is 0 Å². The molecule has 7 heteroatoms. The maximum absolute atomic E-state index is 11.9. The van der Waals surface area contributed by atoms with Crippen LogP contribution in [0.4, 0.5) is 0 Å². The van der Waals surface area contributed by atoms with Crippen molar-refractivity contribution in [2.45, 2.75) is 11.4 Å². The van der Waals surface area contributed by atoms with Gasteiger partial charge in [0.25, 0.3) is 5.91 Å². The minimum absolute atomic E-state index is 0.162. The van der Waals surface area contributed by atoms with Crippen LogP contribution in [-0.4, -0.2) is 26.4 Å². The van der Waals surface area contributed by atoms with E-state index in [9.17, 15) is 13.2 Å². The van der Waals surface area contributed by atoms with Gasteiger partial charge in [0.2, 0.25) is 10.0 Å². The van der Waals surface area contributed by atoms with E-state index in [1.54, 1.807) is 30.3 Å². The van der Waals surface area contributed by atoms with Gasteiger partial charge in [0.05, 0.1) is 4.90 Å². The number of carbonyl (C=O) groups excluding carboxylic acids is 1. The molecule has 0 unspecified atom stereocenters. The summed E-state index contributed by atoms with van der Waals surface area (Å²) in [6.45, 7) is 0.225. The van der Waals surface area contributed by atoms with Crippen molar-refractivity contribution < 1.29 is 13.2 Å². The third-order valence-corrected chi connectivity index (χ3v) is 4.24. The minimum Gasteiger partial charge on any atom is -0.347 e. The number of rotatable bonds is 5. The molecule has 0 aliphatic heterocycles. The summed E-state index contributed by atoms with van der Waals surface area (Å²) in [5.41, 5.74) is 1.01. The normalized spacial score (nSPS) is 11.1. The molecule has 0 saturated carbocycles. The van der Waals surface area contributed by atoms with Crippen LogP contribution < -0.4 is 10.0 Å². The van der Waals surface area contributed by atoms with Crippen LogP contribution in [0.5, 0.6) is 0 Å².